The Morgan fingerprint density at radius 1 is 1.16 bits per heavy atom. The number of anilines is 1. The molecule has 1 aromatic carbocycles. The van der Waals surface area contributed by atoms with Crippen molar-refractivity contribution >= 4 is 17.3 Å². The van der Waals surface area contributed by atoms with E-state index in [2.05, 4.69) is 17.5 Å². The van der Waals surface area contributed by atoms with Crippen molar-refractivity contribution < 1.29 is 0 Å². The highest BCUT2D eigenvalue weighted by Crippen LogP contribution is 2.28. The van der Waals surface area contributed by atoms with E-state index >= 15 is 0 Å². The van der Waals surface area contributed by atoms with Crippen LogP contribution in [0.5, 0.6) is 0 Å². The van der Waals surface area contributed by atoms with Gasteiger partial charge in [-0.3, -0.25) is 0 Å². The molecular formula is C15H16ClN3. The number of halogens is 1. The minimum absolute atomic E-state index is 0.00743. The summed E-state index contributed by atoms with van der Waals surface area (Å²) in [5.41, 5.74) is 1.31. The smallest absolute Gasteiger partial charge is 0.101 e. The van der Waals surface area contributed by atoms with Gasteiger partial charge in [0.1, 0.15) is 6.07 Å². The largest absolute Gasteiger partial charge is 0.380 e. The van der Waals surface area contributed by atoms with Crippen LogP contribution in [-0.2, 0) is 0 Å². The molecule has 2 rings (SSSR count). The summed E-state index contributed by atoms with van der Waals surface area (Å²) in [5.74, 6) is 0.00743. The first-order valence-electron chi connectivity index (χ1n) is 6.60. The Morgan fingerprint density at radius 2 is 1.95 bits per heavy atom. The Hall–Kier alpha value is -1.71. The van der Waals surface area contributed by atoms with E-state index in [0.717, 1.165) is 31.4 Å². The summed E-state index contributed by atoms with van der Waals surface area (Å²) in [6.45, 7) is 0. The Labute approximate surface area is 118 Å². The lowest BCUT2D eigenvalue weighted by atomic mass is 9.95. The van der Waals surface area contributed by atoms with E-state index in [1.54, 1.807) is 18.2 Å². The molecule has 1 aliphatic carbocycles. The molecule has 0 radical (unpaired) electrons. The van der Waals surface area contributed by atoms with Crippen LogP contribution in [0.25, 0.3) is 0 Å². The second-order valence-electron chi connectivity index (χ2n) is 4.93. The number of nitrogens with one attached hydrogen (secondary N) is 1. The standard InChI is InChI=1S/C15H16ClN3/c16-13-7-6-12(10-18)15(8-13)19-14-5-3-1-2-4-11(14)9-17/h6-8,11,14,19H,1-5H2. The minimum Gasteiger partial charge on any atom is -0.380 e. The lowest BCUT2D eigenvalue weighted by Gasteiger charge is -2.22. The Kier molecular flexibility index (Phi) is 4.66. The van der Waals surface area contributed by atoms with Crippen LogP contribution in [0.3, 0.4) is 0 Å². The molecule has 0 aromatic heterocycles. The van der Waals surface area contributed by atoms with Gasteiger partial charge in [0, 0.05) is 11.1 Å². The Morgan fingerprint density at radius 3 is 2.68 bits per heavy atom. The van der Waals surface area contributed by atoms with Gasteiger partial charge in [-0.05, 0) is 31.0 Å². The molecule has 0 spiro atoms. The molecule has 0 saturated heterocycles. The molecule has 1 fully saturated rings. The molecule has 1 aromatic rings. The minimum atomic E-state index is 0.00743. The maximum Gasteiger partial charge on any atom is 0.101 e. The number of hydrogen-bond donors (Lipinski definition) is 1. The zero-order chi connectivity index (χ0) is 13.7. The summed E-state index contributed by atoms with van der Waals surface area (Å²) >= 11 is 5.98. The second kappa shape index (κ2) is 6.45. The molecule has 0 heterocycles. The quantitative estimate of drug-likeness (QED) is 0.826. The van der Waals surface area contributed by atoms with Crippen LogP contribution >= 0.6 is 11.6 Å². The third-order valence-corrected chi connectivity index (χ3v) is 3.86. The molecule has 19 heavy (non-hydrogen) atoms. The molecule has 0 bridgehead atoms. The van der Waals surface area contributed by atoms with Gasteiger partial charge < -0.3 is 5.32 Å². The van der Waals surface area contributed by atoms with Gasteiger partial charge in [0.25, 0.3) is 0 Å². The summed E-state index contributed by atoms with van der Waals surface area (Å²) in [5, 5.41) is 22.3. The molecule has 98 valence electrons. The topological polar surface area (TPSA) is 59.6 Å². The fourth-order valence-electron chi connectivity index (χ4n) is 2.57. The van der Waals surface area contributed by atoms with E-state index in [1.807, 2.05) is 0 Å². The van der Waals surface area contributed by atoms with Crippen LogP contribution in [0.15, 0.2) is 18.2 Å². The van der Waals surface area contributed by atoms with Crippen molar-refractivity contribution in [3.8, 4) is 12.1 Å². The highest BCUT2D eigenvalue weighted by Gasteiger charge is 2.24. The highest BCUT2D eigenvalue weighted by molar-refractivity contribution is 6.30. The van der Waals surface area contributed by atoms with Gasteiger partial charge in [0.05, 0.1) is 23.2 Å². The van der Waals surface area contributed by atoms with Crippen LogP contribution < -0.4 is 5.32 Å². The second-order valence-corrected chi connectivity index (χ2v) is 5.36. The van der Waals surface area contributed by atoms with E-state index in [9.17, 15) is 5.26 Å². The van der Waals surface area contributed by atoms with E-state index in [4.69, 9.17) is 16.9 Å². The maximum absolute atomic E-state index is 9.26. The number of benzene rings is 1. The van der Waals surface area contributed by atoms with Crippen LogP contribution in [0, 0.1) is 28.6 Å². The molecule has 1 saturated carbocycles. The van der Waals surface area contributed by atoms with E-state index in [-0.39, 0.29) is 12.0 Å². The van der Waals surface area contributed by atoms with Crippen molar-refractivity contribution in [1.82, 2.24) is 0 Å². The van der Waals surface area contributed by atoms with Gasteiger partial charge in [0.15, 0.2) is 0 Å². The first kappa shape index (κ1) is 13.7. The van der Waals surface area contributed by atoms with Gasteiger partial charge >= 0.3 is 0 Å². The average Bonchev–Trinajstić information content (AvgIpc) is 2.64. The first-order chi connectivity index (χ1) is 9.24. The van der Waals surface area contributed by atoms with Gasteiger partial charge in [-0.1, -0.05) is 30.9 Å². The van der Waals surface area contributed by atoms with Crippen molar-refractivity contribution in [2.75, 3.05) is 5.32 Å². The van der Waals surface area contributed by atoms with Crippen molar-refractivity contribution in [2.24, 2.45) is 5.92 Å². The fraction of sp³-hybridized carbons (Fsp3) is 0.467. The first-order valence-corrected chi connectivity index (χ1v) is 6.98. The number of hydrogen-bond acceptors (Lipinski definition) is 3. The highest BCUT2D eigenvalue weighted by atomic mass is 35.5. The molecule has 1 aliphatic rings. The van der Waals surface area contributed by atoms with E-state index in [0.29, 0.717) is 10.6 Å². The predicted octanol–water partition coefficient (Wildman–Crippen LogP) is 4.10. The van der Waals surface area contributed by atoms with Gasteiger partial charge in [-0.25, -0.2) is 0 Å². The monoisotopic (exact) mass is 273 g/mol. The lowest BCUT2D eigenvalue weighted by Crippen LogP contribution is -2.27. The van der Waals surface area contributed by atoms with Crippen LogP contribution in [0.4, 0.5) is 5.69 Å². The molecule has 3 nitrogen and oxygen atoms in total. The number of nitrogens with zero attached hydrogens (tertiary/aromatic N) is 2. The van der Waals surface area contributed by atoms with Gasteiger partial charge in [-0.2, -0.15) is 10.5 Å². The van der Waals surface area contributed by atoms with E-state index in [1.165, 1.54) is 6.42 Å². The zero-order valence-electron chi connectivity index (χ0n) is 10.7. The SMILES string of the molecule is N#Cc1ccc(Cl)cc1NC1CCCCCC1C#N. The third kappa shape index (κ3) is 3.40. The summed E-state index contributed by atoms with van der Waals surface area (Å²) in [6, 6.07) is 9.84. The van der Waals surface area contributed by atoms with Crippen LogP contribution in [0.1, 0.15) is 37.7 Å². The fourth-order valence-corrected chi connectivity index (χ4v) is 2.74. The molecular weight excluding hydrogens is 258 g/mol. The molecule has 1 N–H and O–H groups in total. The van der Waals surface area contributed by atoms with Crippen molar-refractivity contribution in [3.05, 3.63) is 28.8 Å². The van der Waals surface area contributed by atoms with Crippen molar-refractivity contribution in [3.63, 3.8) is 0 Å². The maximum atomic E-state index is 9.26. The normalized spacial score (nSPS) is 22.9. The summed E-state index contributed by atoms with van der Waals surface area (Å²) in [7, 11) is 0. The third-order valence-electron chi connectivity index (χ3n) is 3.62. The van der Waals surface area contributed by atoms with E-state index < -0.39 is 0 Å². The molecule has 4 heteroatoms. The van der Waals surface area contributed by atoms with Crippen molar-refractivity contribution in [1.29, 1.82) is 10.5 Å². The van der Waals surface area contributed by atoms with Crippen LogP contribution in [-0.4, -0.2) is 6.04 Å². The molecule has 2 unspecified atom stereocenters. The van der Waals surface area contributed by atoms with Crippen molar-refractivity contribution in [2.45, 2.75) is 38.1 Å². The lowest BCUT2D eigenvalue weighted by molar-refractivity contribution is 0.514. The Balaban J connectivity index is 2.21. The molecule has 2 atom stereocenters. The molecule has 0 aliphatic heterocycles. The van der Waals surface area contributed by atoms with Gasteiger partial charge in [0.2, 0.25) is 0 Å². The summed E-state index contributed by atoms with van der Waals surface area (Å²) in [4.78, 5) is 0. The number of rotatable bonds is 2. The summed E-state index contributed by atoms with van der Waals surface area (Å²) in [6.07, 6.45) is 5.30. The summed E-state index contributed by atoms with van der Waals surface area (Å²) < 4.78 is 0. The van der Waals surface area contributed by atoms with Gasteiger partial charge in [-0.15, -0.1) is 0 Å². The number of nitriles is 2. The molecule has 0 amide bonds. The predicted molar refractivity (Wildman–Crippen MR) is 75.8 cm³/mol. The van der Waals surface area contributed by atoms with Crippen LogP contribution in [0.2, 0.25) is 5.02 Å². The average molecular weight is 274 g/mol. The zero-order valence-corrected chi connectivity index (χ0v) is 11.5. The Bertz CT molecular complexity index is 527.